The van der Waals surface area contributed by atoms with Crippen molar-refractivity contribution in [2.45, 2.75) is 26.4 Å². The summed E-state index contributed by atoms with van der Waals surface area (Å²) in [6.45, 7) is 8.81. The normalized spacial score (nSPS) is 17.5. The average Bonchev–Trinajstić information content (AvgIpc) is 3.40. The van der Waals surface area contributed by atoms with E-state index in [-0.39, 0.29) is 11.8 Å². The molecule has 0 amide bonds. The molecule has 5 rings (SSSR count). The topological polar surface area (TPSA) is 56.2 Å². The number of ketones is 1. The Kier molecular flexibility index (Phi) is 5.76. The lowest BCUT2D eigenvalue weighted by Gasteiger charge is -2.37. The molecule has 3 heterocycles. The molecule has 0 spiro atoms. The fourth-order valence-electron chi connectivity index (χ4n) is 4.97. The Morgan fingerprint density at radius 2 is 1.82 bits per heavy atom. The number of carbonyl (C=O) groups is 1. The summed E-state index contributed by atoms with van der Waals surface area (Å²) in [6.07, 6.45) is 0. The highest BCUT2D eigenvalue weighted by Gasteiger charge is 2.30. The van der Waals surface area contributed by atoms with E-state index in [1.807, 2.05) is 45.2 Å². The van der Waals surface area contributed by atoms with E-state index < -0.39 is 0 Å². The maximum absolute atomic E-state index is 13.6. The van der Waals surface area contributed by atoms with Gasteiger partial charge in [-0.05, 0) is 49.7 Å². The Bertz CT molecular complexity index is 1190. The van der Waals surface area contributed by atoms with Crippen LogP contribution in [0.5, 0.6) is 17.2 Å². The highest BCUT2D eigenvalue weighted by Crippen LogP contribution is 2.33. The molecule has 2 aliphatic rings. The molecule has 2 aromatic carbocycles. The number of nitrogens with zero attached hydrogens (tertiary/aromatic N) is 3. The van der Waals surface area contributed by atoms with Crippen LogP contribution in [0.1, 0.15) is 28.5 Å². The summed E-state index contributed by atoms with van der Waals surface area (Å²) >= 11 is 0. The smallest absolute Gasteiger partial charge is 0.231 e. The summed E-state index contributed by atoms with van der Waals surface area (Å²) in [4.78, 5) is 18.4. The SMILES string of the molecule is COc1ccc2c(c1)c(C(=O)C(C)N1CCN(Cc3ccc4c(c3)OCO4)CC1)c(C)n2C. The zero-order valence-electron chi connectivity index (χ0n) is 19.8. The van der Waals surface area contributed by atoms with Crippen LogP contribution >= 0.6 is 0 Å². The van der Waals surface area contributed by atoms with Gasteiger partial charge < -0.3 is 18.8 Å². The first-order valence-electron chi connectivity index (χ1n) is 11.5. The first kappa shape index (κ1) is 21.8. The number of Topliss-reactive ketones (excluding diaryl/α,β-unsaturated/α-hetero) is 1. The highest BCUT2D eigenvalue weighted by atomic mass is 16.7. The minimum Gasteiger partial charge on any atom is -0.497 e. The van der Waals surface area contributed by atoms with Crippen LogP contribution in [0.3, 0.4) is 0 Å². The van der Waals surface area contributed by atoms with Gasteiger partial charge in [-0.2, -0.15) is 0 Å². The van der Waals surface area contributed by atoms with E-state index in [0.29, 0.717) is 6.79 Å². The van der Waals surface area contributed by atoms with E-state index >= 15 is 0 Å². The van der Waals surface area contributed by atoms with Gasteiger partial charge >= 0.3 is 0 Å². The zero-order chi connectivity index (χ0) is 23.1. The number of methoxy groups -OCH3 is 1. The van der Waals surface area contributed by atoms with Crippen molar-refractivity contribution in [3.05, 3.63) is 53.2 Å². The Labute approximate surface area is 194 Å². The molecule has 1 aromatic heterocycles. The molecule has 0 radical (unpaired) electrons. The van der Waals surface area contributed by atoms with Gasteiger partial charge in [-0.1, -0.05) is 6.07 Å². The van der Waals surface area contributed by atoms with Gasteiger partial charge in [0.05, 0.1) is 13.2 Å². The molecule has 1 saturated heterocycles. The number of aryl methyl sites for hydroxylation is 1. The molecule has 1 fully saturated rings. The number of fused-ring (bicyclic) bond motifs is 2. The monoisotopic (exact) mass is 449 g/mol. The first-order valence-corrected chi connectivity index (χ1v) is 11.5. The second-order valence-electron chi connectivity index (χ2n) is 8.94. The second kappa shape index (κ2) is 8.72. The maximum Gasteiger partial charge on any atom is 0.231 e. The van der Waals surface area contributed by atoms with E-state index in [1.165, 1.54) is 5.56 Å². The molecule has 174 valence electrons. The number of carbonyl (C=O) groups excluding carboxylic acids is 1. The van der Waals surface area contributed by atoms with Crippen molar-refractivity contribution in [3.63, 3.8) is 0 Å². The Morgan fingerprint density at radius 1 is 1.06 bits per heavy atom. The number of rotatable bonds is 6. The van der Waals surface area contributed by atoms with Gasteiger partial charge in [0.15, 0.2) is 17.3 Å². The molecule has 3 aromatic rings. The van der Waals surface area contributed by atoms with Gasteiger partial charge in [-0.15, -0.1) is 0 Å². The molecule has 7 heteroatoms. The Hall–Kier alpha value is -3.03. The predicted octanol–water partition coefficient (Wildman–Crippen LogP) is 3.61. The van der Waals surface area contributed by atoms with Crippen molar-refractivity contribution in [1.82, 2.24) is 14.4 Å². The minimum atomic E-state index is -0.173. The fraction of sp³-hybridized carbons (Fsp3) is 0.423. The molecule has 1 atom stereocenters. The summed E-state index contributed by atoms with van der Waals surface area (Å²) in [6, 6.07) is 11.9. The van der Waals surface area contributed by atoms with E-state index in [0.717, 1.165) is 72.1 Å². The number of hydrogen-bond donors (Lipinski definition) is 0. The third-order valence-electron chi connectivity index (χ3n) is 7.12. The molecular weight excluding hydrogens is 418 g/mol. The van der Waals surface area contributed by atoms with Gasteiger partial charge in [-0.3, -0.25) is 14.6 Å². The van der Waals surface area contributed by atoms with Crippen molar-refractivity contribution >= 4 is 16.7 Å². The van der Waals surface area contributed by atoms with Gasteiger partial charge in [0.1, 0.15) is 5.75 Å². The third-order valence-corrected chi connectivity index (χ3v) is 7.12. The molecule has 0 aliphatic carbocycles. The minimum absolute atomic E-state index is 0.173. The molecule has 33 heavy (non-hydrogen) atoms. The number of piperazine rings is 1. The van der Waals surface area contributed by atoms with Crippen LogP contribution in [0.15, 0.2) is 36.4 Å². The van der Waals surface area contributed by atoms with Crippen molar-refractivity contribution in [2.75, 3.05) is 40.1 Å². The van der Waals surface area contributed by atoms with Crippen molar-refractivity contribution in [2.24, 2.45) is 7.05 Å². The lowest BCUT2D eigenvalue weighted by molar-refractivity contribution is 0.0688. The quantitative estimate of drug-likeness (QED) is 0.536. The van der Waals surface area contributed by atoms with E-state index in [9.17, 15) is 4.79 Å². The number of benzene rings is 2. The lowest BCUT2D eigenvalue weighted by atomic mass is 10.00. The number of ether oxygens (including phenoxy) is 3. The second-order valence-corrected chi connectivity index (χ2v) is 8.94. The van der Waals surface area contributed by atoms with Crippen LogP contribution in [0.4, 0.5) is 0 Å². The summed E-state index contributed by atoms with van der Waals surface area (Å²) in [5.41, 5.74) is 4.08. The average molecular weight is 450 g/mol. The molecule has 0 bridgehead atoms. The van der Waals surface area contributed by atoms with Crippen LogP contribution in [0, 0.1) is 6.92 Å². The van der Waals surface area contributed by atoms with Gasteiger partial charge in [0.2, 0.25) is 6.79 Å². The van der Waals surface area contributed by atoms with Crippen LogP contribution in [-0.4, -0.2) is 66.3 Å². The zero-order valence-corrected chi connectivity index (χ0v) is 19.8. The number of aromatic nitrogens is 1. The molecule has 2 aliphatic heterocycles. The van der Waals surface area contributed by atoms with E-state index in [1.54, 1.807) is 7.11 Å². The molecule has 0 saturated carbocycles. The van der Waals surface area contributed by atoms with Gasteiger partial charge in [-0.25, -0.2) is 0 Å². The third kappa shape index (κ3) is 3.96. The van der Waals surface area contributed by atoms with Gasteiger partial charge in [0.25, 0.3) is 0 Å². The van der Waals surface area contributed by atoms with Crippen LogP contribution < -0.4 is 14.2 Å². The van der Waals surface area contributed by atoms with Crippen LogP contribution in [-0.2, 0) is 13.6 Å². The standard InChI is InChI=1S/C26H31N3O4/c1-17-25(21-14-20(31-4)6-7-22(21)27(17)3)26(30)18(2)29-11-9-28(10-12-29)15-19-5-8-23-24(13-19)33-16-32-23/h5-8,13-14,18H,9-12,15-16H2,1-4H3. The van der Waals surface area contributed by atoms with E-state index in [2.05, 4.69) is 26.5 Å². The van der Waals surface area contributed by atoms with Gasteiger partial charge in [0, 0.05) is 61.9 Å². The van der Waals surface area contributed by atoms with E-state index in [4.69, 9.17) is 14.2 Å². The van der Waals surface area contributed by atoms with Crippen LogP contribution in [0.25, 0.3) is 10.9 Å². The van der Waals surface area contributed by atoms with Crippen LogP contribution in [0.2, 0.25) is 0 Å². The first-order chi connectivity index (χ1) is 16.0. The summed E-state index contributed by atoms with van der Waals surface area (Å²) in [7, 11) is 3.67. The molecule has 0 N–H and O–H groups in total. The highest BCUT2D eigenvalue weighted by molar-refractivity contribution is 6.12. The lowest BCUT2D eigenvalue weighted by Crippen LogP contribution is -2.51. The van der Waals surface area contributed by atoms with Crippen molar-refractivity contribution in [3.8, 4) is 17.2 Å². The molecule has 7 nitrogen and oxygen atoms in total. The number of hydrogen-bond acceptors (Lipinski definition) is 6. The molecule has 1 unspecified atom stereocenters. The Morgan fingerprint density at radius 3 is 2.58 bits per heavy atom. The summed E-state index contributed by atoms with van der Waals surface area (Å²) in [5, 5.41) is 0.965. The summed E-state index contributed by atoms with van der Waals surface area (Å²) < 4.78 is 18.4. The molecular formula is C26H31N3O4. The fourth-order valence-corrected chi connectivity index (χ4v) is 4.97. The summed E-state index contributed by atoms with van der Waals surface area (Å²) in [5.74, 6) is 2.59. The largest absolute Gasteiger partial charge is 0.497 e. The maximum atomic E-state index is 13.6. The van der Waals surface area contributed by atoms with Crippen molar-refractivity contribution in [1.29, 1.82) is 0 Å². The predicted molar refractivity (Wildman–Crippen MR) is 127 cm³/mol. The Balaban J connectivity index is 1.27. The van der Waals surface area contributed by atoms with Crippen molar-refractivity contribution < 1.29 is 19.0 Å².